The van der Waals surface area contributed by atoms with Gasteiger partial charge in [0.05, 0.1) is 28.4 Å². The van der Waals surface area contributed by atoms with Gasteiger partial charge < -0.3 is 15.1 Å². The molecule has 2 aliphatic heterocycles. The van der Waals surface area contributed by atoms with Crippen molar-refractivity contribution in [1.29, 1.82) is 0 Å². The van der Waals surface area contributed by atoms with Gasteiger partial charge in [0.2, 0.25) is 5.91 Å². The van der Waals surface area contributed by atoms with E-state index in [1.807, 2.05) is 29.8 Å². The maximum Gasteiger partial charge on any atom is 0.224 e. The number of hydrogen-bond donors (Lipinski definition) is 1. The van der Waals surface area contributed by atoms with Crippen molar-refractivity contribution in [3.05, 3.63) is 41.7 Å². The summed E-state index contributed by atoms with van der Waals surface area (Å²) in [6.45, 7) is 9.82. The predicted octanol–water partition coefficient (Wildman–Crippen LogP) is 3.25. The van der Waals surface area contributed by atoms with Crippen LogP contribution in [0.25, 0.3) is 16.6 Å². The van der Waals surface area contributed by atoms with Gasteiger partial charge in [-0.25, -0.2) is 4.68 Å². The average Bonchev–Trinajstić information content (AvgIpc) is 3.51. The Morgan fingerprint density at radius 1 is 1.06 bits per heavy atom. The number of fused-ring (bicyclic) bond motifs is 1. The molecule has 8 nitrogen and oxygen atoms in total. The molecule has 2 aliphatic rings. The van der Waals surface area contributed by atoms with Crippen LogP contribution in [-0.4, -0.2) is 70.1 Å². The minimum Gasteiger partial charge on any atom is -0.356 e. The van der Waals surface area contributed by atoms with E-state index in [-0.39, 0.29) is 11.8 Å². The van der Waals surface area contributed by atoms with Crippen LogP contribution < -0.4 is 10.2 Å². The number of likely N-dealkylation sites (tertiary alicyclic amines) is 1. The Morgan fingerprint density at radius 2 is 1.85 bits per heavy atom. The largest absolute Gasteiger partial charge is 0.356 e. The van der Waals surface area contributed by atoms with E-state index < -0.39 is 0 Å². The van der Waals surface area contributed by atoms with Crippen LogP contribution >= 0.6 is 0 Å². The van der Waals surface area contributed by atoms with Gasteiger partial charge in [-0.2, -0.15) is 10.2 Å². The molecule has 1 unspecified atom stereocenters. The summed E-state index contributed by atoms with van der Waals surface area (Å²) in [5, 5.41) is 18.2. The van der Waals surface area contributed by atoms with Gasteiger partial charge in [0.1, 0.15) is 5.52 Å². The zero-order valence-corrected chi connectivity index (χ0v) is 20.3. The summed E-state index contributed by atoms with van der Waals surface area (Å²) in [6.07, 6.45) is 5.50. The molecule has 5 rings (SSSR count). The highest BCUT2D eigenvalue weighted by Gasteiger charge is 2.29. The summed E-state index contributed by atoms with van der Waals surface area (Å²) in [7, 11) is 0. The van der Waals surface area contributed by atoms with E-state index in [4.69, 9.17) is 5.10 Å². The second kappa shape index (κ2) is 10.1. The molecule has 3 aromatic rings. The van der Waals surface area contributed by atoms with Crippen LogP contribution in [-0.2, 0) is 4.79 Å². The first kappa shape index (κ1) is 22.8. The Balaban J connectivity index is 1.30. The van der Waals surface area contributed by atoms with Crippen LogP contribution in [0.2, 0.25) is 0 Å². The molecule has 0 aliphatic carbocycles. The maximum absolute atomic E-state index is 12.9. The van der Waals surface area contributed by atoms with E-state index in [1.54, 1.807) is 0 Å². The number of aromatic nitrogens is 4. The average molecular weight is 462 g/mol. The number of piperidine rings is 1. The van der Waals surface area contributed by atoms with Gasteiger partial charge in [-0.15, -0.1) is 5.10 Å². The summed E-state index contributed by atoms with van der Waals surface area (Å²) in [6, 6.07) is 10.2. The Labute approximate surface area is 201 Å². The molecule has 0 spiro atoms. The minimum absolute atomic E-state index is 0.0315. The molecular weight excluding hydrogens is 426 g/mol. The van der Waals surface area contributed by atoms with Gasteiger partial charge in [-0.1, -0.05) is 18.2 Å². The minimum atomic E-state index is -0.0315. The molecule has 2 saturated heterocycles. The molecule has 1 amide bonds. The van der Waals surface area contributed by atoms with Crippen LogP contribution in [0.4, 0.5) is 5.82 Å². The van der Waals surface area contributed by atoms with Crippen molar-refractivity contribution in [1.82, 2.24) is 30.2 Å². The highest BCUT2D eigenvalue weighted by molar-refractivity contribution is 5.92. The fourth-order valence-corrected chi connectivity index (χ4v) is 5.39. The number of para-hydroxylation sites is 1. The fraction of sp³-hybridized carbons (Fsp3) is 0.538. The van der Waals surface area contributed by atoms with E-state index in [0.29, 0.717) is 6.54 Å². The molecule has 34 heavy (non-hydrogen) atoms. The number of nitrogens with one attached hydrogen (secondary N) is 1. The van der Waals surface area contributed by atoms with E-state index in [2.05, 4.69) is 44.4 Å². The molecule has 2 fully saturated rings. The lowest BCUT2D eigenvalue weighted by Gasteiger charge is -2.32. The van der Waals surface area contributed by atoms with Gasteiger partial charge in [0.15, 0.2) is 5.82 Å². The number of amides is 1. The summed E-state index contributed by atoms with van der Waals surface area (Å²) in [4.78, 5) is 17.6. The highest BCUT2D eigenvalue weighted by atomic mass is 16.1. The third kappa shape index (κ3) is 4.64. The van der Waals surface area contributed by atoms with Crippen molar-refractivity contribution in [2.45, 2.75) is 46.0 Å². The molecule has 180 valence electrons. The lowest BCUT2D eigenvalue weighted by atomic mass is 9.97. The van der Waals surface area contributed by atoms with Gasteiger partial charge in [0, 0.05) is 19.6 Å². The Morgan fingerprint density at radius 3 is 2.65 bits per heavy atom. The quantitative estimate of drug-likeness (QED) is 0.544. The SMILES string of the molecule is Cc1nnc(N2CCCC(C(=O)NCCCN3CCCC3)C2)c2nn(-c3ccccc3)c(C)c12. The molecule has 0 radical (unpaired) electrons. The third-order valence-corrected chi connectivity index (χ3v) is 7.23. The van der Waals surface area contributed by atoms with Gasteiger partial charge in [0.25, 0.3) is 0 Å². The number of rotatable bonds is 7. The molecule has 1 aromatic carbocycles. The lowest BCUT2D eigenvalue weighted by Crippen LogP contribution is -2.44. The smallest absolute Gasteiger partial charge is 0.224 e. The fourth-order valence-electron chi connectivity index (χ4n) is 5.39. The molecule has 4 heterocycles. The molecule has 0 saturated carbocycles. The van der Waals surface area contributed by atoms with Crippen LogP contribution in [0, 0.1) is 19.8 Å². The van der Waals surface area contributed by atoms with E-state index in [0.717, 1.165) is 72.7 Å². The number of anilines is 1. The first-order chi connectivity index (χ1) is 16.6. The molecule has 8 heteroatoms. The second-order valence-corrected chi connectivity index (χ2v) is 9.64. The third-order valence-electron chi connectivity index (χ3n) is 7.23. The second-order valence-electron chi connectivity index (χ2n) is 9.64. The van der Waals surface area contributed by atoms with Crippen LogP contribution in [0.15, 0.2) is 30.3 Å². The highest BCUT2D eigenvalue weighted by Crippen LogP contribution is 2.31. The maximum atomic E-state index is 12.9. The summed E-state index contributed by atoms with van der Waals surface area (Å²) < 4.78 is 1.97. The van der Waals surface area contributed by atoms with Crippen molar-refractivity contribution in [2.24, 2.45) is 5.92 Å². The summed E-state index contributed by atoms with van der Waals surface area (Å²) >= 11 is 0. The first-order valence-corrected chi connectivity index (χ1v) is 12.6. The van der Waals surface area contributed by atoms with Crippen molar-refractivity contribution >= 4 is 22.6 Å². The van der Waals surface area contributed by atoms with Crippen molar-refractivity contribution in [3.8, 4) is 5.69 Å². The van der Waals surface area contributed by atoms with Crippen LogP contribution in [0.1, 0.15) is 43.5 Å². The Kier molecular flexibility index (Phi) is 6.76. The zero-order chi connectivity index (χ0) is 23.5. The molecule has 2 aromatic heterocycles. The molecule has 1 N–H and O–H groups in total. The molecular formula is C26H35N7O. The number of carbonyl (C=O) groups is 1. The summed E-state index contributed by atoms with van der Waals surface area (Å²) in [5.41, 5.74) is 3.81. The van der Waals surface area contributed by atoms with Crippen molar-refractivity contribution in [2.75, 3.05) is 44.2 Å². The van der Waals surface area contributed by atoms with Crippen LogP contribution in [0.3, 0.4) is 0 Å². The zero-order valence-electron chi connectivity index (χ0n) is 20.3. The van der Waals surface area contributed by atoms with Crippen molar-refractivity contribution in [3.63, 3.8) is 0 Å². The number of hydrogen-bond acceptors (Lipinski definition) is 6. The first-order valence-electron chi connectivity index (χ1n) is 12.6. The molecule has 1 atom stereocenters. The number of nitrogens with zero attached hydrogens (tertiary/aromatic N) is 6. The summed E-state index contributed by atoms with van der Waals surface area (Å²) in [5.74, 6) is 0.911. The topological polar surface area (TPSA) is 79.2 Å². The van der Waals surface area contributed by atoms with Gasteiger partial charge in [-0.05, 0) is 77.7 Å². The van der Waals surface area contributed by atoms with E-state index in [9.17, 15) is 4.79 Å². The Bertz CT molecular complexity index is 1140. The number of benzene rings is 1. The normalized spacial score (nSPS) is 19.1. The van der Waals surface area contributed by atoms with Crippen LogP contribution in [0.5, 0.6) is 0 Å². The van der Waals surface area contributed by atoms with Crippen molar-refractivity contribution < 1.29 is 4.79 Å². The predicted molar refractivity (Wildman–Crippen MR) is 134 cm³/mol. The standard InChI is InChI=1S/C26H35N7O/c1-19-23-20(2)33(22-11-4-3-5-12-22)30-24(23)25(29-28-19)32-17-8-10-21(18-32)26(34)27-13-9-16-31-14-6-7-15-31/h3-5,11-12,21H,6-10,13-18H2,1-2H3,(H,27,34). The Hall–Kier alpha value is -3.00. The number of aryl methyl sites for hydroxylation is 2. The lowest BCUT2D eigenvalue weighted by molar-refractivity contribution is -0.125. The monoisotopic (exact) mass is 461 g/mol. The van der Waals surface area contributed by atoms with Gasteiger partial charge in [-0.3, -0.25) is 4.79 Å². The van der Waals surface area contributed by atoms with Gasteiger partial charge >= 0.3 is 0 Å². The number of carbonyl (C=O) groups excluding carboxylic acids is 1. The van der Waals surface area contributed by atoms with E-state index in [1.165, 1.54) is 25.9 Å². The van der Waals surface area contributed by atoms with E-state index >= 15 is 0 Å². The molecule has 0 bridgehead atoms.